The van der Waals surface area contributed by atoms with Gasteiger partial charge in [0.05, 0.1) is 17.9 Å². The van der Waals surface area contributed by atoms with Crippen LogP contribution in [0.25, 0.3) is 0 Å². The van der Waals surface area contributed by atoms with Crippen molar-refractivity contribution in [2.75, 3.05) is 5.75 Å². The van der Waals surface area contributed by atoms with Crippen molar-refractivity contribution < 1.29 is 17.7 Å². The van der Waals surface area contributed by atoms with Crippen LogP contribution >= 0.6 is 0 Å². The average molecular weight is 343 g/mol. The predicted molar refractivity (Wildman–Crippen MR) is 91.2 cm³/mol. The van der Waals surface area contributed by atoms with Crippen LogP contribution in [-0.4, -0.2) is 29.9 Å². The standard InChI is InChI=1S/C17H29NO4S/c1-12(2)8-9-23(20,21)17(6,7)15(19)11-13-10-14(18-22-13)16(3,4)5/h10,12H,8-9,11H2,1-7H3. The number of nitrogens with zero attached hydrogens (tertiary/aromatic N) is 1. The zero-order chi connectivity index (χ0) is 18.1. The maximum atomic E-state index is 12.5. The second-order valence-electron chi connectivity index (χ2n) is 8.04. The highest BCUT2D eigenvalue weighted by molar-refractivity contribution is 7.93. The Morgan fingerprint density at radius 3 is 2.22 bits per heavy atom. The van der Waals surface area contributed by atoms with E-state index >= 15 is 0 Å². The molecule has 0 aromatic carbocycles. The Bertz CT molecular complexity index is 648. The SMILES string of the molecule is CC(C)CCS(=O)(=O)C(C)(C)C(=O)Cc1cc(C(C)(C)C)no1. The number of Topliss-reactive ketones (excluding diaryl/α,β-unsaturated/α-hetero) is 1. The number of hydrogen-bond donors (Lipinski definition) is 0. The Morgan fingerprint density at radius 1 is 1.22 bits per heavy atom. The number of ketones is 1. The molecule has 1 rings (SSSR count). The van der Waals surface area contributed by atoms with Crippen LogP contribution in [0, 0.1) is 5.92 Å². The van der Waals surface area contributed by atoms with E-state index in [2.05, 4.69) is 5.16 Å². The molecule has 0 unspecified atom stereocenters. The van der Waals surface area contributed by atoms with Crippen LogP contribution < -0.4 is 0 Å². The van der Waals surface area contributed by atoms with E-state index in [9.17, 15) is 13.2 Å². The molecule has 1 aromatic heterocycles. The second kappa shape index (κ2) is 6.75. The summed E-state index contributed by atoms with van der Waals surface area (Å²) in [7, 11) is -3.51. The largest absolute Gasteiger partial charge is 0.361 e. The number of aromatic nitrogens is 1. The molecule has 6 heteroatoms. The highest BCUT2D eigenvalue weighted by Gasteiger charge is 2.41. The molecule has 0 aliphatic carbocycles. The Hall–Kier alpha value is -1.17. The molecular formula is C17H29NO4S. The fraction of sp³-hybridized carbons (Fsp3) is 0.765. The van der Waals surface area contributed by atoms with E-state index in [-0.39, 0.29) is 29.3 Å². The minimum atomic E-state index is -3.51. The van der Waals surface area contributed by atoms with Gasteiger partial charge >= 0.3 is 0 Å². The summed E-state index contributed by atoms with van der Waals surface area (Å²) in [5.74, 6) is 0.344. The quantitative estimate of drug-likeness (QED) is 0.759. The van der Waals surface area contributed by atoms with Crippen LogP contribution in [0.15, 0.2) is 10.6 Å². The first-order valence-electron chi connectivity index (χ1n) is 7.99. The normalized spacial score (nSPS) is 13.6. The average Bonchev–Trinajstić information content (AvgIpc) is 2.84. The topological polar surface area (TPSA) is 77.2 Å². The van der Waals surface area contributed by atoms with Crippen molar-refractivity contribution in [2.45, 2.75) is 71.5 Å². The van der Waals surface area contributed by atoms with Gasteiger partial charge in [-0.05, 0) is 26.2 Å². The minimum absolute atomic E-state index is 0.0209. The van der Waals surface area contributed by atoms with Crippen molar-refractivity contribution in [3.8, 4) is 0 Å². The molecule has 0 bridgehead atoms. The van der Waals surface area contributed by atoms with Crippen molar-refractivity contribution in [1.82, 2.24) is 5.16 Å². The van der Waals surface area contributed by atoms with E-state index in [1.54, 1.807) is 6.07 Å². The molecule has 5 nitrogen and oxygen atoms in total. The molecule has 1 aromatic rings. The fourth-order valence-electron chi connectivity index (χ4n) is 1.94. The summed E-state index contributed by atoms with van der Waals surface area (Å²) in [5, 5.41) is 3.97. The molecule has 23 heavy (non-hydrogen) atoms. The van der Waals surface area contributed by atoms with Gasteiger partial charge in [0.25, 0.3) is 0 Å². The highest BCUT2D eigenvalue weighted by atomic mass is 32.2. The summed E-state index contributed by atoms with van der Waals surface area (Å²) in [6.07, 6.45) is 0.493. The molecule has 0 spiro atoms. The van der Waals surface area contributed by atoms with Gasteiger partial charge in [0.2, 0.25) is 0 Å². The molecule has 1 heterocycles. The lowest BCUT2D eigenvalue weighted by molar-refractivity contribution is -0.120. The smallest absolute Gasteiger partial charge is 0.162 e. The summed E-state index contributed by atoms with van der Waals surface area (Å²) in [5.41, 5.74) is 0.574. The lowest BCUT2D eigenvalue weighted by Gasteiger charge is -2.23. The highest BCUT2D eigenvalue weighted by Crippen LogP contribution is 2.25. The van der Waals surface area contributed by atoms with Crippen LogP contribution in [0.5, 0.6) is 0 Å². The van der Waals surface area contributed by atoms with Gasteiger partial charge in [-0.3, -0.25) is 4.79 Å². The van der Waals surface area contributed by atoms with Crippen LogP contribution in [0.4, 0.5) is 0 Å². The van der Waals surface area contributed by atoms with E-state index in [0.29, 0.717) is 12.2 Å². The third-order valence-corrected chi connectivity index (χ3v) is 6.63. The summed E-state index contributed by atoms with van der Waals surface area (Å²) in [6, 6.07) is 1.73. The van der Waals surface area contributed by atoms with Crippen LogP contribution in [0.3, 0.4) is 0 Å². The summed E-state index contributed by atoms with van der Waals surface area (Å²) in [4.78, 5) is 12.5. The van der Waals surface area contributed by atoms with Crippen molar-refractivity contribution in [3.63, 3.8) is 0 Å². The zero-order valence-corrected chi connectivity index (χ0v) is 16.1. The fourth-order valence-corrected chi connectivity index (χ4v) is 3.65. The van der Waals surface area contributed by atoms with Gasteiger partial charge in [-0.1, -0.05) is 39.8 Å². The second-order valence-corrected chi connectivity index (χ2v) is 10.7. The van der Waals surface area contributed by atoms with Gasteiger partial charge in [0.1, 0.15) is 10.5 Å². The van der Waals surface area contributed by atoms with Crippen LogP contribution in [0.2, 0.25) is 0 Å². The van der Waals surface area contributed by atoms with E-state index < -0.39 is 14.6 Å². The molecular weight excluding hydrogens is 314 g/mol. The number of sulfone groups is 1. The molecule has 0 saturated heterocycles. The Balaban J connectivity index is 2.89. The minimum Gasteiger partial charge on any atom is -0.361 e. The third-order valence-electron chi connectivity index (χ3n) is 4.08. The molecule has 0 N–H and O–H groups in total. The van der Waals surface area contributed by atoms with Gasteiger partial charge in [-0.15, -0.1) is 0 Å². The van der Waals surface area contributed by atoms with Gasteiger partial charge in [0, 0.05) is 11.5 Å². The molecule has 0 fully saturated rings. The number of carbonyl (C=O) groups is 1. The maximum Gasteiger partial charge on any atom is 0.162 e. The van der Waals surface area contributed by atoms with Gasteiger partial charge in [0.15, 0.2) is 15.6 Å². The predicted octanol–water partition coefficient (Wildman–Crippen LogP) is 3.32. The molecule has 0 radical (unpaired) electrons. The summed E-state index contributed by atoms with van der Waals surface area (Å²) >= 11 is 0. The van der Waals surface area contributed by atoms with E-state index in [0.717, 1.165) is 5.69 Å². The number of hydrogen-bond acceptors (Lipinski definition) is 5. The van der Waals surface area contributed by atoms with Gasteiger partial charge in [-0.25, -0.2) is 8.42 Å². The van der Waals surface area contributed by atoms with Crippen molar-refractivity contribution >= 4 is 15.6 Å². The van der Waals surface area contributed by atoms with E-state index in [1.807, 2.05) is 34.6 Å². The summed E-state index contributed by atoms with van der Waals surface area (Å²) < 4.78 is 28.8. The molecule has 0 aliphatic heterocycles. The number of carbonyl (C=O) groups excluding carboxylic acids is 1. The summed E-state index contributed by atoms with van der Waals surface area (Å²) in [6.45, 7) is 12.9. The molecule has 0 saturated carbocycles. The molecule has 0 atom stereocenters. The first-order valence-corrected chi connectivity index (χ1v) is 9.64. The van der Waals surface area contributed by atoms with Crippen molar-refractivity contribution in [2.24, 2.45) is 5.92 Å². The van der Waals surface area contributed by atoms with Gasteiger partial charge < -0.3 is 4.52 Å². The Labute approximate surface area is 139 Å². The first kappa shape index (κ1) is 19.9. The van der Waals surface area contributed by atoms with Gasteiger partial charge in [-0.2, -0.15) is 0 Å². The first-order chi connectivity index (χ1) is 10.3. The lowest BCUT2D eigenvalue weighted by atomic mass is 9.92. The Kier molecular flexibility index (Phi) is 5.83. The van der Waals surface area contributed by atoms with Crippen LogP contribution in [-0.2, 0) is 26.5 Å². The molecule has 0 aliphatic rings. The zero-order valence-electron chi connectivity index (χ0n) is 15.3. The lowest BCUT2D eigenvalue weighted by Crippen LogP contribution is -2.43. The van der Waals surface area contributed by atoms with Crippen molar-refractivity contribution in [1.29, 1.82) is 0 Å². The monoisotopic (exact) mass is 343 g/mol. The molecule has 0 amide bonds. The number of rotatable bonds is 7. The van der Waals surface area contributed by atoms with Crippen LogP contribution in [0.1, 0.15) is 66.3 Å². The Morgan fingerprint density at radius 2 is 1.78 bits per heavy atom. The third kappa shape index (κ3) is 4.90. The van der Waals surface area contributed by atoms with Crippen molar-refractivity contribution in [3.05, 3.63) is 17.5 Å². The van der Waals surface area contributed by atoms with E-state index in [4.69, 9.17) is 4.52 Å². The maximum absolute atomic E-state index is 12.5. The molecule has 132 valence electrons. The van der Waals surface area contributed by atoms with E-state index in [1.165, 1.54) is 13.8 Å².